The van der Waals surface area contributed by atoms with Gasteiger partial charge in [-0.2, -0.15) is 0 Å². The van der Waals surface area contributed by atoms with E-state index in [0.717, 1.165) is 5.56 Å². The number of carbonyl (C=O) groups is 1. The molecule has 0 radical (unpaired) electrons. The molecule has 0 aliphatic carbocycles. The number of rotatable bonds is 2. The van der Waals surface area contributed by atoms with Gasteiger partial charge in [0.15, 0.2) is 0 Å². The Bertz CT molecular complexity index is 847. The summed E-state index contributed by atoms with van der Waals surface area (Å²) in [5.41, 5.74) is 1.81. The molecule has 3 rings (SSSR count). The summed E-state index contributed by atoms with van der Waals surface area (Å²) in [6.07, 6.45) is 0.557. The molecule has 3 nitrogen and oxygen atoms in total. The largest absolute Gasteiger partial charge is 0.272 e. The van der Waals surface area contributed by atoms with E-state index < -0.39 is 11.2 Å². The zero-order valence-electron chi connectivity index (χ0n) is 13.2. The summed E-state index contributed by atoms with van der Waals surface area (Å²) in [6, 6.07) is 8.06. The number of carbonyl (C=O) groups excluding carboxylic acids is 1. The summed E-state index contributed by atoms with van der Waals surface area (Å²) in [4.78, 5) is 21.1. The first-order valence-electron chi connectivity index (χ1n) is 7.44. The highest BCUT2D eigenvalue weighted by Crippen LogP contribution is 2.38. The van der Waals surface area contributed by atoms with Crippen molar-refractivity contribution in [2.45, 2.75) is 32.6 Å². The molecule has 0 saturated heterocycles. The molecule has 1 amide bonds. The summed E-state index contributed by atoms with van der Waals surface area (Å²) >= 11 is 6.34. The van der Waals surface area contributed by atoms with Gasteiger partial charge in [0.05, 0.1) is 27.5 Å². The zero-order chi connectivity index (χ0) is 16.8. The van der Waals surface area contributed by atoms with Gasteiger partial charge in [0.1, 0.15) is 5.82 Å². The fourth-order valence-corrected chi connectivity index (χ4v) is 3.04. The van der Waals surface area contributed by atoms with Gasteiger partial charge in [-0.3, -0.25) is 4.79 Å². The monoisotopic (exact) mass is 330 g/mol. The molecule has 2 aromatic rings. The Kier molecular flexibility index (Phi) is 3.80. The second-order valence-electron chi connectivity index (χ2n) is 5.88. The molecule has 2 heterocycles. The lowest BCUT2D eigenvalue weighted by Crippen LogP contribution is -2.37. The first-order chi connectivity index (χ1) is 10.9. The Labute approximate surface area is 139 Å². The molecule has 1 unspecified atom stereocenters. The lowest BCUT2D eigenvalue weighted by Gasteiger charge is -2.30. The SMILES string of the molecule is CCC1(C)C(=O)N=C(C)c2cc(Cl)c(-c3ccccc3F)nc21. The van der Waals surface area contributed by atoms with Crippen molar-refractivity contribution in [3.63, 3.8) is 0 Å². The number of aromatic nitrogens is 1. The molecule has 0 saturated carbocycles. The van der Waals surface area contributed by atoms with Gasteiger partial charge >= 0.3 is 0 Å². The van der Waals surface area contributed by atoms with Crippen LogP contribution in [0.15, 0.2) is 35.3 Å². The van der Waals surface area contributed by atoms with Gasteiger partial charge in [-0.25, -0.2) is 14.4 Å². The highest BCUT2D eigenvalue weighted by Gasteiger charge is 2.41. The van der Waals surface area contributed by atoms with Crippen molar-refractivity contribution in [3.8, 4) is 11.3 Å². The van der Waals surface area contributed by atoms with Gasteiger partial charge in [0.2, 0.25) is 0 Å². The van der Waals surface area contributed by atoms with E-state index in [9.17, 15) is 9.18 Å². The summed E-state index contributed by atoms with van der Waals surface area (Å²) in [5.74, 6) is -0.619. The van der Waals surface area contributed by atoms with E-state index in [1.165, 1.54) is 6.07 Å². The van der Waals surface area contributed by atoms with Crippen molar-refractivity contribution in [2.75, 3.05) is 0 Å². The van der Waals surface area contributed by atoms with Crippen LogP contribution in [0.2, 0.25) is 5.02 Å². The van der Waals surface area contributed by atoms with Crippen LogP contribution in [0, 0.1) is 5.82 Å². The standard InChI is InChI=1S/C18H16ClFN2O/c1-4-18(3)16-12(10(2)21-17(18)23)9-13(19)15(22-16)11-7-5-6-8-14(11)20/h5-9H,4H2,1-3H3. The van der Waals surface area contributed by atoms with Crippen molar-refractivity contribution in [2.24, 2.45) is 4.99 Å². The topological polar surface area (TPSA) is 42.3 Å². The maximum atomic E-state index is 14.1. The van der Waals surface area contributed by atoms with E-state index in [4.69, 9.17) is 11.6 Å². The van der Waals surface area contributed by atoms with Crippen LogP contribution in [-0.2, 0) is 10.2 Å². The van der Waals surface area contributed by atoms with Crippen LogP contribution >= 0.6 is 11.6 Å². The van der Waals surface area contributed by atoms with Gasteiger partial charge in [-0.1, -0.05) is 30.7 Å². The van der Waals surface area contributed by atoms with Gasteiger partial charge in [0, 0.05) is 11.1 Å². The summed E-state index contributed by atoms with van der Waals surface area (Å²) in [7, 11) is 0. The second-order valence-corrected chi connectivity index (χ2v) is 6.29. The number of fused-ring (bicyclic) bond motifs is 1. The smallest absolute Gasteiger partial charge is 0.257 e. The van der Waals surface area contributed by atoms with Crippen molar-refractivity contribution in [3.05, 3.63) is 52.4 Å². The third-order valence-corrected chi connectivity index (χ3v) is 4.75. The molecule has 1 aromatic heterocycles. The van der Waals surface area contributed by atoms with Gasteiger partial charge in [-0.05, 0) is 38.5 Å². The molecule has 1 aliphatic heterocycles. The van der Waals surface area contributed by atoms with Gasteiger partial charge < -0.3 is 0 Å². The van der Waals surface area contributed by atoms with E-state index in [0.29, 0.717) is 34.1 Å². The maximum Gasteiger partial charge on any atom is 0.257 e. The number of hydrogen-bond donors (Lipinski definition) is 0. The minimum absolute atomic E-state index is 0.223. The number of aliphatic imine (C=N–C) groups is 1. The minimum Gasteiger partial charge on any atom is -0.272 e. The van der Waals surface area contributed by atoms with Crippen LogP contribution in [-0.4, -0.2) is 16.6 Å². The summed E-state index contributed by atoms with van der Waals surface area (Å²) in [5, 5.41) is 0.344. The predicted octanol–water partition coefficient (Wildman–Crippen LogP) is 4.56. The maximum absolute atomic E-state index is 14.1. The molecule has 0 fully saturated rings. The first kappa shape index (κ1) is 15.8. The summed E-state index contributed by atoms with van der Waals surface area (Å²) < 4.78 is 14.1. The molecule has 23 heavy (non-hydrogen) atoms. The van der Waals surface area contributed by atoms with Crippen molar-refractivity contribution < 1.29 is 9.18 Å². The molecule has 0 spiro atoms. The van der Waals surface area contributed by atoms with Crippen LogP contribution in [0.4, 0.5) is 4.39 Å². The average molecular weight is 331 g/mol. The number of pyridine rings is 1. The predicted molar refractivity (Wildman–Crippen MR) is 89.5 cm³/mol. The number of hydrogen-bond acceptors (Lipinski definition) is 2. The second kappa shape index (κ2) is 5.53. The van der Waals surface area contributed by atoms with E-state index in [2.05, 4.69) is 9.98 Å². The molecule has 1 aliphatic rings. The molecule has 118 valence electrons. The number of amides is 1. The normalized spacial score (nSPS) is 20.2. The van der Waals surface area contributed by atoms with E-state index in [-0.39, 0.29) is 5.91 Å². The van der Waals surface area contributed by atoms with Crippen LogP contribution in [0.5, 0.6) is 0 Å². The Morgan fingerprint density at radius 2 is 1.96 bits per heavy atom. The molecular weight excluding hydrogens is 315 g/mol. The molecule has 0 bridgehead atoms. The Morgan fingerprint density at radius 3 is 2.61 bits per heavy atom. The van der Waals surface area contributed by atoms with E-state index in [1.807, 2.05) is 13.8 Å². The highest BCUT2D eigenvalue weighted by atomic mass is 35.5. The number of benzene rings is 1. The van der Waals surface area contributed by atoms with Crippen LogP contribution < -0.4 is 0 Å². The van der Waals surface area contributed by atoms with E-state index in [1.54, 1.807) is 31.2 Å². The fourth-order valence-electron chi connectivity index (χ4n) is 2.78. The lowest BCUT2D eigenvalue weighted by molar-refractivity contribution is -0.123. The molecular formula is C18H16ClFN2O. The lowest BCUT2D eigenvalue weighted by atomic mass is 9.77. The zero-order valence-corrected chi connectivity index (χ0v) is 13.9. The van der Waals surface area contributed by atoms with Gasteiger partial charge in [0.25, 0.3) is 5.91 Å². The van der Waals surface area contributed by atoms with Crippen molar-refractivity contribution in [1.29, 1.82) is 0 Å². The molecule has 1 atom stereocenters. The number of halogens is 2. The third kappa shape index (κ3) is 2.38. The molecule has 5 heteroatoms. The van der Waals surface area contributed by atoms with Crippen LogP contribution in [0.25, 0.3) is 11.3 Å². The fraction of sp³-hybridized carbons (Fsp3) is 0.278. The third-order valence-electron chi connectivity index (χ3n) is 4.47. The Morgan fingerprint density at radius 1 is 1.26 bits per heavy atom. The Balaban J connectivity index is 2.31. The quantitative estimate of drug-likeness (QED) is 0.810. The summed E-state index contributed by atoms with van der Waals surface area (Å²) in [6.45, 7) is 5.49. The van der Waals surface area contributed by atoms with Gasteiger partial charge in [-0.15, -0.1) is 0 Å². The van der Waals surface area contributed by atoms with E-state index >= 15 is 0 Å². The first-order valence-corrected chi connectivity index (χ1v) is 7.82. The molecule has 1 aromatic carbocycles. The van der Waals surface area contributed by atoms with Crippen molar-refractivity contribution >= 4 is 23.2 Å². The minimum atomic E-state index is -0.820. The molecule has 0 N–H and O–H groups in total. The Hall–Kier alpha value is -2.07. The van der Waals surface area contributed by atoms with Crippen LogP contribution in [0.3, 0.4) is 0 Å². The van der Waals surface area contributed by atoms with Crippen molar-refractivity contribution in [1.82, 2.24) is 4.98 Å². The average Bonchev–Trinajstić information content (AvgIpc) is 2.53. The van der Waals surface area contributed by atoms with Crippen LogP contribution in [0.1, 0.15) is 38.4 Å². The highest BCUT2D eigenvalue weighted by molar-refractivity contribution is 6.33. The number of nitrogens with zero attached hydrogens (tertiary/aromatic N) is 2.